The van der Waals surface area contributed by atoms with Gasteiger partial charge in [0.1, 0.15) is 0 Å². The van der Waals surface area contributed by atoms with E-state index in [1.165, 1.54) is 0 Å². The van der Waals surface area contributed by atoms with Crippen LogP contribution in [0.5, 0.6) is 0 Å². The Morgan fingerprint density at radius 2 is 0.500 bits per heavy atom. The third-order valence-electron chi connectivity index (χ3n) is 0. The third-order valence-corrected chi connectivity index (χ3v) is 0. The van der Waals surface area contributed by atoms with Gasteiger partial charge in [-0.2, -0.15) is 12.6 Å². The van der Waals surface area contributed by atoms with Gasteiger partial charge in [0.2, 0.25) is 0 Å². The monoisotopic (exact) mass is 328 g/mol. The summed E-state index contributed by atoms with van der Waals surface area (Å²) < 4.78 is 68.5. The Balaban J connectivity index is -0.0000000135. The van der Waals surface area contributed by atoms with Crippen LogP contribution in [0.4, 0.5) is 0 Å². The number of hydrogen-bond donors (Lipinski definition) is 8. The van der Waals surface area contributed by atoms with Crippen molar-refractivity contribution in [2.24, 2.45) is 0 Å². The molecule has 0 saturated carbocycles. The molecule has 0 rings (SSSR count). The maximum atomic E-state index is 8.67. The molecule has 98 valence electrons. The summed E-state index contributed by atoms with van der Waals surface area (Å²) in [5.74, 6) is 0. The molecule has 0 aliphatic rings. The minimum atomic E-state index is -2.61. The van der Waals surface area contributed by atoms with Crippen LogP contribution in [0.1, 0.15) is 0 Å². The normalized spacial score (nSPS) is 6.56. The summed E-state index contributed by atoms with van der Waals surface area (Å²) >= 11 is -7.83. The Morgan fingerprint density at radius 1 is 0.500 bits per heavy atom. The fourth-order valence-electron chi connectivity index (χ4n) is 0. The summed E-state index contributed by atoms with van der Waals surface area (Å²) in [4.78, 5) is 0. The van der Waals surface area contributed by atoms with Gasteiger partial charge in [-0.15, -0.1) is 0 Å². The van der Waals surface area contributed by atoms with Gasteiger partial charge in [0.05, 0.1) is 0 Å². The average molecular weight is 328 g/mol. The topological polar surface area (TPSA) is 243 Å². The molecule has 12 N–H and O–H groups in total. The molecular weight excluding hydrogens is 314 g/mol. The molecule has 0 saturated heterocycles. The Labute approximate surface area is 144 Å². The molecule has 0 aliphatic carbocycles. The quantitative estimate of drug-likeness (QED) is 0.180. The minimum absolute atomic E-state index is 0. The zero-order chi connectivity index (χ0) is 10.7. The van der Waals surface area contributed by atoms with Gasteiger partial charge in [-0.05, 0) is 0 Å². The molecule has 0 unspecified atom stereocenters. The first-order valence-electron chi connectivity index (χ1n) is 1.60. The molecule has 0 aromatic rings. The first-order chi connectivity index (χ1) is 5.20. The third kappa shape index (κ3) is 814. The molecular formula is H14N2Na2O9S3. The summed E-state index contributed by atoms with van der Waals surface area (Å²) in [6.45, 7) is 0. The van der Waals surface area contributed by atoms with Crippen LogP contribution >= 0.6 is 0 Å². The van der Waals surface area contributed by atoms with Gasteiger partial charge in [0.25, 0.3) is 34.1 Å². The molecule has 0 atom stereocenters. The predicted octanol–water partition coefficient (Wildman–Crippen LogP) is -1.93. The molecule has 16 heteroatoms. The summed E-state index contributed by atoms with van der Waals surface area (Å²) in [6, 6.07) is 0. The van der Waals surface area contributed by atoms with Gasteiger partial charge >= 0.3 is 59.1 Å². The molecule has 0 radical (unpaired) electrons. The second-order valence-corrected chi connectivity index (χ2v) is 2.08. The van der Waals surface area contributed by atoms with Crippen molar-refractivity contribution < 1.29 is 39.9 Å². The fraction of sp³-hybridized carbons (Fsp3) is 0. The standard InChI is InChI=1S/2H3N.2Na.3H2O3S.2H/c;;;;3*1-4(2)3;;/h2*1H3;;;3*(H2,1,2,3);;. The molecule has 0 aromatic heterocycles. The summed E-state index contributed by atoms with van der Waals surface area (Å²) in [5, 5.41) is 0. The first-order valence-corrected chi connectivity index (χ1v) is 4.79. The summed E-state index contributed by atoms with van der Waals surface area (Å²) in [5.41, 5.74) is 0. The molecule has 16 heavy (non-hydrogen) atoms. The van der Waals surface area contributed by atoms with Gasteiger partial charge in [-0.25, -0.2) is 0 Å². The van der Waals surface area contributed by atoms with Crippen LogP contribution in [0.2, 0.25) is 0 Å². The van der Waals surface area contributed by atoms with E-state index in [-0.39, 0.29) is 71.4 Å². The van der Waals surface area contributed by atoms with Crippen LogP contribution in [0.15, 0.2) is 0 Å². The van der Waals surface area contributed by atoms with Crippen LogP contribution in [0.25, 0.3) is 0 Å². The van der Waals surface area contributed by atoms with Crippen LogP contribution in [0, 0.1) is 0 Å². The fourth-order valence-corrected chi connectivity index (χ4v) is 0. The van der Waals surface area contributed by atoms with Gasteiger partial charge in [0.15, 0.2) is 0 Å². The average Bonchev–Trinajstić information content (AvgIpc) is 1.54. The van der Waals surface area contributed by atoms with Crippen molar-refractivity contribution in [1.82, 2.24) is 12.3 Å². The van der Waals surface area contributed by atoms with Gasteiger partial charge in [-0.3, -0.25) is 27.3 Å². The Morgan fingerprint density at radius 3 is 0.500 bits per heavy atom. The van der Waals surface area contributed by atoms with Crippen molar-refractivity contribution in [3.8, 4) is 0 Å². The van der Waals surface area contributed by atoms with Gasteiger partial charge in [-0.1, -0.05) is 0 Å². The maximum absolute atomic E-state index is 8.67. The van der Waals surface area contributed by atoms with Gasteiger partial charge < -0.3 is 12.3 Å². The zero-order valence-electron chi connectivity index (χ0n) is 6.55. The summed E-state index contributed by atoms with van der Waals surface area (Å²) in [6.07, 6.45) is 0. The molecule has 11 nitrogen and oxygen atoms in total. The Kier molecular flexibility index (Phi) is 96.6. The van der Waals surface area contributed by atoms with E-state index < -0.39 is 34.1 Å². The van der Waals surface area contributed by atoms with Crippen LogP contribution in [0.3, 0.4) is 0 Å². The van der Waals surface area contributed by atoms with Crippen molar-refractivity contribution >= 4 is 93.2 Å². The Hall–Kier alpha value is 2.13. The second kappa shape index (κ2) is 36.0. The zero-order valence-corrected chi connectivity index (χ0v) is 9.00. The summed E-state index contributed by atoms with van der Waals surface area (Å²) in [7, 11) is 0. The first kappa shape index (κ1) is 42.9. The second-order valence-electron chi connectivity index (χ2n) is 0.692. The number of rotatable bonds is 0. The van der Waals surface area contributed by atoms with Crippen molar-refractivity contribution in [1.29, 1.82) is 0 Å². The van der Waals surface area contributed by atoms with E-state index >= 15 is 0 Å². The van der Waals surface area contributed by atoms with Crippen LogP contribution in [-0.2, 0) is 34.1 Å². The molecule has 0 fully saturated rings. The van der Waals surface area contributed by atoms with E-state index in [1.54, 1.807) is 0 Å². The van der Waals surface area contributed by atoms with E-state index in [1.807, 2.05) is 0 Å². The molecule has 0 spiro atoms. The Bertz CT molecular complexity index is 124. The molecule has 0 amide bonds. The van der Waals surface area contributed by atoms with Crippen molar-refractivity contribution in [2.75, 3.05) is 0 Å². The SMILES string of the molecule is N.N.O=S(O)O.O=S(O)O.O=S(O)O.[NaH].[NaH]. The molecule has 0 aliphatic heterocycles. The van der Waals surface area contributed by atoms with E-state index in [4.69, 9.17) is 39.9 Å². The molecule has 0 bridgehead atoms. The van der Waals surface area contributed by atoms with Gasteiger partial charge in [0, 0.05) is 0 Å². The van der Waals surface area contributed by atoms with Crippen molar-refractivity contribution in [2.45, 2.75) is 0 Å². The van der Waals surface area contributed by atoms with E-state index in [9.17, 15) is 0 Å². The number of hydrogen-bond acceptors (Lipinski definition) is 5. The van der Waals surface area contributed by atoms with E-state index in [2.05, 4.69) is 0 Å². The predicted molar refractivity (Wildman–Crippen MR) is 64.5 cm³/mol. The van der Waals surface area contributed by atoms with Crippen molar-refractivity contribution in [3.05, 3.63) is 0 Å². The van der Waals surface area contributed by atoms with E-state index in [0.29, 0.717) is 0 Å². The molecule has 0 aromatic carbocycles. The van der Waals surface area contributed by atoms with Crippen molar-refractivity contribution in [3.63, 3.8) is 0 Å². The molecule has 0 heterocycles. The van der Waals surface area contributed by atoms with Crippen LogP contribution in [-0.4, -0.2) is 99.1 Å². The van der Waals surface area contributed by atoms with Crippen LogP contribution < -0.4 is 12.3 Å². The van der Waals surface area contributed by atoms with E-state index in [0.717, 1.165) is 0 Å².